The van der Waals surface area contributed by atoms with Crippen molar-refractivity contribution in [3.63, 3.8) is 0 Å². The van der Waals surface area contributed by atoms with E-state index in [1.165, 1.54) is 6.08 Å². The fraction of sp³-hybridized carbons (Fsp3) is 0.333. The number of hydrogen-bond acceptors (Lipinski definition) is 2. The zero-order chi connectivity index (χ0) is 4.99. The monoisotopic (exact) mass is 104 g/mol. The van der Waals surface area contributed by atoms with Crippen molar-refractivity contribution in [3.05, 3.63) is 11.9 Å². The van der Waals surface area contributed by atoms with Gasteiger partial charge >= 0.3 is 7.68 Å². The predicted molar refractivity (Wildman–Crippen MR) is 23.1 cm³/mol. The molecule has 3 heteroatoms. The van der Waals surface area contributed by atoms with Gasteiger partial charge in [0.05, 0.1) is 0 Å². The maximum atomic E-state index is 9.55. The molecule has 0 saturated heterocycles. The van der Waals surface area contributed by atoms with Crippen molar-refractivity contribution in [3.8, 4) is 0 Å². The van der Waals surface area contributed by atoms with Crippen LogP contribution in [-0.4, -0.2) is 0 Å². The molecule has 0 aromatic rings. The zero-order valence-corrected chi connectivity index (χ0v) is 4.31. The Labute approximate surface area is 36.7 Å². The normalized spacial score (nSPS) is 9.50. The minimum Gasteiger partial charge on any atom is -0.232 e. The van der Waals surface area contributed by atoms with Crippen molar-refractivity contribution in [2.75, 3.05) is 0 Å². The van der Waals surface area contributed by atoms with Crippen molar-refractivity contribution < 1.29 is 9.13 Å². The van der Waals surface area contributed by atoms with E-state index in [-0.39, 0.29) is 0 Å². The van der Waals surface area contributed by atoms with Gasteiger partial charge in [0.25, 0.3) is 0 Å². The van der Waals surface area contributed by atoms with Gasteiger partial charge in [0.2, 0.25) is 0 Å². The third-order valence-corrected chi connectivity index (χ3v) is 0.812. The Morgan fingerprint density at radius 3 is 2.00 bits per heavy atom. The summed E-state index contributed by atoms with van der Waals surface area (Å²) in [5.41, 5.74) is 0. The zero-order valence-electron chi connectivity index (χ0n) is 3.42. The number of allylic oxidation sites excluding steroid dienone is 1. The van der Waals surface area contributed by atoms with Crippen LogP contribution in [0.1, 0.15) is 6.92 Å². The van der Waals surface area contributed by atoms with Crippen molar-refractivity contribution >= 4 is 7.68 Å². The summed E-state index contributed by atoms with van der Waals surface area (Å²) < 4.78 is 19.1. The molecule has 0 radical (unpaired) electrons. The summed E-state index contributed by atoms with van der Waals surface area (Å²) >= 11 is 0. The second-order valence-corrected chi connectivity index (χ2v) is 1.64. The molecule has 0 bridgehead atoms. The van der Waals surface area contributed by atoms with Crippen LogP contribution in [-0.2, 0) is 9.13 Å². The molecule has 0 heterocycles. The standard InChI is InChI=1S/C3H5O2P/c1-2-3-6(4)5/h2-3H,1H3. The van der Waals surface area contributed by atoms with Crippen LogP contribution in [0.5, 0.6) is 0 Å². The maximum absolute atomic E-state index is 9.55. The van der Waals surface area contributed by atoms with Crippen LogP contribution in [0, 0.1) is 0 Å². The molecule has 0 atom stereocenters. The van der Waals surface area contributed by atoms with Crippen LogP contribution < -0.4 is 0 Å². The van der Waals surface area contributed by atoms with Gasteiger partial charge in [-0.2, -0.15) is 0 Å². The van der Waals surface area contributed by atoms with Gasteiger partial charge in [-0.15, -0.1) is 0 Å². The lowest BCUT2D eigenvalue weighted by atomic mass is 10.8. The summed E-state index contributed by atoms with van der Waals surface area (Å²) in [6.07, 6.45) is 1.48. The van der Waals surface area contributed by atoms with Crippen LogP contribution in [0.4, 0.5) is 0 Å². The molecule has 0 aromatic heterocycles. The Kier molecular flexibility index (Phi) is 2.68. The highest BCUT2D eigenvalue weighted by molar-refractivity contribution is 7.34. The van der Waals surface area contributed by atoms with Crippen molar-refractivity contribution in [2.24, 2.45) is 0 Å². The van der Waals surface area contributed by atoms with Crippen LogP contribution in [0.3, 0.4) is 0 Å². The average Bonchev–Trinajstić information content (AvgIpc) is 1.35. The number of rotatable bonds is 1. The van der Waals surface area contributed by atoms with Crippen LogP contribution >= 0.6 is 7.68 Å². The van der Waals surface area contributed by atoms with E-state index in [1.54, 1.807) is 6.92 Å². The molecule has 0 saturated carbocycles. The summed E-state index contributed by atoms with van der Waals surface area (Å²) in [6.45, 7) is 1.66. The van der Waals surface area contributed by atoms with Gasteiger partial charge in [-0.25, -0.2) is 9.13 Å². The van der Waals surface area contributed by atoms with Gasteiger partial charge in [-0.3, -0.25) is 0 Å². The van der Waals surface area contributed by atoms with Crippen LogP contribution in [0.15, 0.2) is 11.9 Å². The van der Waals surface area contributed by atoms with Crippen LogP contribution in [0.25, 0.3) is 0 Å². The molecular formula is C3H5O2P. The molecule has 0 aliphatic carbocycles. The largest absolute Gasteiger partial charge is 0.340 e. The topological polar surface area (TPSA) is 34.1 Å². The minimum atomic E-state index is -2.28. The lowest BCUT2D eigenvalue weighted by Crippen LogP contribution is -1.29. The lowest BCUT2D eigenvalue weighted by Gasteiger charge is -1.53. The van der Waals surface area contributed by atoms with Gasteiger partial charge in [0.1, 0.15) is 0 Å². The first kappa shape index (κ1) is 5.64. The molecule has 34 valence electrons. The van der Waals surface area contributed by atoms with Gasteiger partial charge in [-0.05, 0) is 6.92 Å². The third-order valence-electron chi connectivity index (χ3n) is 0.271. The second-order valence-electron chi connectivity index (χ2n) is 0.768. The van der Waals surface area contributed by atoms with E-state index in [1.807, 2.05) is 0 Å². The summed E-state index contributed by atoms with van der Waals surface area (Å²) in [6, 6.07) is 0. The molecule has 0 fully saturated rings. The van der Waals surface area contributed by atoms with E-state index in [0.29, 0.717) is 0 Å². The SMILES string of the molecule is CC=CP(=O)=O. The van der Waals surface area contributed by atoms with E-state index in [2.05, 4.69) is 0 Å². The summed E-state index contributed by atoms with van der Waals surface area (Å²) in [5, 5.41) is 0. The highest BCUT2D eigenvalue weighted by Gasteiger charge is 1.68. The first-order valence-corrected chi connectivity index (χ1v) is 2.78. The maximum Gasteiger partial charge on any atom is 0.340 e. The first-order valence-electron chi connectivity index (χ1n) is 1.53. The van der Waals surface area contributed by atoms with Crippen molar-refractivity contribution in [1.82, 2.24) is 0 Å². The number of hydrogen-bond donors (Lipinski definition) is 0. The Balaban J connectivity index is 3.62. The Morgan fingerprint density at radius 1 is 1.50 bits per heavy atom. The molecular weight excluding hydrogens is 99.0 g/mol. The van der Waals surface area contributed by atoms with E-state index >= 15 is 0 Å². The minimum absolute atomic E-state index is 1.12. The molecule has 2 nitrogen and oxygen atoms in total. The highest BCUT2D eigenvalue weighted by atomic mass is 31.1. The predicted octanol–water partition coefficient (Wildman–Crippen LogP) is 1.69. The fourth-order valence-corrected chi connectivity index (χ4v) is 0.365. The Hall–Kier alpha value is -0.360. The Bertz CT molecular complexity index is 104. The lowest BCUT2D eigenvalue weighted by molar-refractivity contribution is 0.522. The molecule has 0 N–H and O–H groups in total. The van der Waals surface area contributed by atoms with Crippen LogP contribution in [0.2, 0.25) is 0 Å². The first-order chi connectivity index (χ1) is 2.77. The van der Waals surface area contributed by atoms with E-state index in [0.717, 1.165) is 5.82 Å². The van der Waals surface area contributed by atoms with E-state index < -0.39 is 7.68 Å². The van der Waals surface area contributed by atoms with Gasteiger partial charge in [-0.1, -0.05) is 6.08 Å². The van der Waals surface area contributed by atoms with Gasteiger partial charge in [0, 0.05) is 5.82 Å². The van der Waals surface area contributed by atoms with Gasteiger partial charge in [0.15, 0.2) is 0 Å². The quantitative estimate of drug-likeness (QED) is 0.474. The molecule has 6 heavy (non-hydrogen) atoms. The van der Waals surface area contributed by atoms with Crippen molar-refractivity contribution in [2.45, 2.75) is 6.92 Å². The van der Waals surface area contributed by atoms with E-state index in [9.17, 15) is 9.13 Å². The molecule has 0 unspecified atom stereocenters. The summed E-state index contributed by atoms with van der Waals surface area (Å²) in [5.74, 6) is 1.12. The second kappa shape index (κ2) is 2.86. The smallest absolute Gasteiger partial charge is 0.232 e. The molecule has 0 spiro atoms. The highest BCUT2D eigenvalue weighted by Crippen LogP contribution is 2.01. The molecule has 0 aliphatic heterocycles. The van der Waals surface area contributed by atoms with E-state index in [4.69, 9.17) is 0 Å². The van der Waals surface area contributed by atoms with Gasteiger partial charge < -0.3 is 0 Å². The summed E-state index contributed by atoms with van der Waals surface area (Å²) in [4.78, 5) is 0. The third kappa shape index (κ3) is 3.64. The summed E-state index contributed by atoms with van der Waals surface area (Å²) in [7, 11) is -2.28. The van der Waals surface area contributed by atoms with Crippen molar-refractivity contribution in [1.29, 1.82) is 0 Å². The molecule has 0 aromatic carbocycles. The molecule has 0 rings (SSSR count). The average molecular weight is 104 g/mol. The Morgan fingerprint density at radius 2 is 2.00 bits per heavy atom. The molecule has 0 aliphatic rings. The molecule has 0 amide bonds. The fourth-order valence-electron chi connectivity index (χ4n) is 0.122.